The maximum absolute atomic E-state index is 11.9. The van der Waals surface area contributed by atoms with Crippen LogP contribution in [0, 0.1) is 13.8 Å². The number of hydrogen-bond acceptors (Lipinski definition) is 4. The molecule has 0 heterocycles. The molecule has 27 heavy (non-hydrogen) atoms. The summed E-state index contributed by atoms with van der Waals surface area (Å²) in [5.74, 6) is -0.167. The summed E-state index contributed by atoms with van der Waals surface area (Å²) in [4.78, 5) is 23.6. The van der Waals surface area contributed by atoms with Crippen molar-refractivity contribution in [3.63, 3.8) is 0 Å². The molecule has 0 saturated carbocycles. The highest BCUT2D eigenvalue weighted by molar-refractivity contribution is 5.79. The van der Waals surface area contributed by atoms with Gasteiger partial charge in [-0.25, -0.2) is 0 Å². The summed E-state index contributed by atoms with van der Waals surface area (Å²) in [6, 6.07) is 5.59. The van der Waals surface area contributed by atoms with Crippen LogP contribution in [0.5, 0.6) is 5.75 Å². The van der Waals surface area contributed by atoms with Crippen molar-refractivity contribution in [3.8, 4) is 5.75 Å². The van der Waals surface area contributed by atoms with Crippen LogP contribution in [-0.4, -0.2) is 18.5 Å². The lowest BCUT2D eigenvalue weighted by molar-refractivity contribution is -0.147. The van der Waals surface area contributed by atoms with Gasteiger partial charge in [0.05, 0.1) is 19.4 Å². The molecule has 0 amide bonds. The van der Waals surface area contributed by atoms with Crippen molar-refractivity contribution in [1.82, 2.24) is 0 Å². The molecular formula is C23H36O4. The highest BCUT2D eigenvalue weighted by Crippen LogP contribution is 2.21. The first-order chi connectivity index (χ1) is 13.0. The second-order valence-corrected chi connectivity index (χ2v) is 7.22. The number of rotatable bonds is 14. The van der Waals surface area contributed by atoms with Crippen LogP contribution < -0.4 is 4.74 Å². The van der Waals surface area contributed by atoms with Crippen molar-refractivity contribution in [2.75, 3.05) is 6.61 Å². The molecule has 0 N–H and O–H groups in total. The number of benzene rings is 1. The van der Waals surface area contributed by atoms with Gasteiger partial charge in [-0.2, -0.15) is 0 Å². The Kier molecular flexibility index (Phi) is 12.2. The second kappa shape index (κ2) is 14.2. The predicted octanol–water partition coefficient (Wildman–Crippen LogP) is 6.06. The van der Waals surface area contributed by atoms with Crippen LogP contribution in [-0.2, 0) is 14.3 Å². The predicted molar refractivity (Wildman–Crippen MR) is 109 cm³/mol. The third kappa shape index (κ3) is 10.8. The highest BCUT2D eigenvalue weighted by atomic mass is 16.5. The molecule has 0 aliphatic carbocycles. The zero-order valence-corrected chi connectivity index (χ0v) is 17.4. The van der Waals surface area contributed by atoms with Crippen LogP contribution in [0.15, 0.2) is 18.2 Å². The minimum Gasteiger partial charge on any atom is -0.466 e. The lowest BCUT2D eigenvalue weighted by Gasteiger charge is -2.09. The summed E-state index contributed by atoms with van der Waals surface area (Å²) < 4.78 is 10.5. The Hall–Kier alpha value is -1.84. The maximum atomic E-state index is 11.9. The monoisotopic (exact) mass is 376 g/mol. The Balaban J connectivity index is 2.04. The average Bonchev–Trinajstić information content (AvgIpc) is 2.65. The molecule has 0 fully saturated rings. The van der Waals surface area contributed by atoms with Gasteiger partial charge < -0.3 is 9.47 Å². The van der Waals surface area contributed by atoms with Crippen molar-refractivity contribution in [2.24, 2.45) is 0 Å². The van der Waals surface area contributed by atoms with E-state index in [0.717, 1.165) is 24.0 Å². The molecule has 0 aliphatic heterocycles. The fraction of sp³-hybridized carbons (Fsp3) is 0.652. The summed E-state index contributed by atoms with van der Waals surface area (Å²) in [7, 11) is 0. The standard InChI is InChI=1S/C23H36O4/c1-4-5-6-7-8-9-10-11-12-18-26-22(24)16-17-23(25)27-21-15-13-14-19(2)20(21)3/h13-15H,4-12,16-18H2,1-3H3. The van der Waals surface area contributed by atoms with Crippen molar-refractivity contribution in [2.45, 2.75) is 91.4 Å². The quantitative estimate of drug-likeness (QED) is 0.225. The number of hydrogen-bond donors (Lipinski definition) is 0. The van der Waals surface area contributed by atoms with Gasteiger partial charge >= 0.3 is 11.9 Å². The molecule has 0 atom stereocenters. The number of unbranched alkanes of at least 4 members (excludes halogenated alkanes) is 8. The third-order valence-corrected chi connectivity index (χ3v) is 4.82. The molecule has 152 valence electrons. The van der Waals surface area contributed by atoms with E-state index in [1.54, 1.807) is 6.07 Å². The molecule has 0 unspecified atom stereocenters. The maximum Gasteiger partial charge on any atom is 0.311 e. The number of carbonyl (C=O) groups is 2. The van der Waals surface area contributed by atoms with E-state index in [2.05, 4.69) is 6.92 Å². The van der Waals surface area contributed by atoms with E-state index in [4.69, 9.17) is 9.47 Å². The molecule has 1 aromatic carbocycles. The zero-order valence-electron chi connectivity index (χ0n) is 17.4. The first-order valence-corrected chi connectivity index (χ1v) is 10.5. The molecule has 0 radical (unpaired) electrons. The fourth-order valence-electron chi connectivity index (χ4n) is 2.88. The highest BCUT2D eigenvalue weighted by Gasteiger charge is 2.11. The van der Waals surface area contributed by atoms with Gasteiger partial charge in [0.25, 0.3) is 0 Å². The van der Waals surface area contributed by atoms with Crippen LogP contribution in [0.1, 0.15) is 88.7 Å². The van der Waals surface area contributed by atoms with E-state index < -0.39 is 5.97 Å². The lowest BCUT2D eigenvalue weighted by atomic mass is 10.1. The molecule has 0 saturated heterocycles. The van der Waals surface area contributed by atoms with Crippen LogP contribution in [0.2, 0.25) is 0 Å². The molecule has 0 spiro atoms. The smallest absolute Gasteiger partial charge is 0.311 e. The molecule has 4 nitrogen and oxygen atoms in total. The van der Waals surface area contributed by atoms with Gasteiger partial charge in [0.1, 0.15) is 5.75 Å². The van der Waals surface area contributed by atoms with Crippen LogP contribution in [0.25, 0.3) is 0 Å². The minimum absolute atomic E-state index is 0.0456. The Bertz CT molecular complexity index is 565. The van der Waals surface area contributed by atoms with Crippen LogP contribution >= 0.6 is 0 Å². The lowest BCUT2D eigenvalue weighted by Crippen LogP contribution is -2.13. The van der Waals surface area contributed by atoms with Gasteiger partial charge in [0.2, 0.25) is 0 Å². The molecule has 1 rings (SSSR count). The molecule has 0 bridgehead atoms. The Morgan fingerprint density at radius 1 is 0.815 bits per heavy atom. The van der Waals surface area contributed by atoms with Crippen molar-refractivity contribution in [3.05, 3.63) is 29.3 Å². The van der Waals surface area contributed by atoms with Gasteiger partial charge in [-0.1, -0.05) is 70.4 Å². The van der Waals surface area contributed by atoms with Crippen LogP contribution in [0.4, 0.5) is 0 Å². The summed E-state index contributed by atoms with van der Waals surface area (Å²) in [5.41, 5.74) is 2.01. The van der Waals surface area contributed by atoms with Gasteiger partial charge in [0.15, 0.2) is 0 Å². The number of ether oxygens (including phenoxy) is 2. The number of aryl methyl sites for hydroxylation is 1. The van der Waals surface area contributed by atoms with Gasteiger partial charge in [-0.15, -0.1) is 0 Å². The van der Waals surface area contributed by atoms with Crippen LogP contribution in [0.3, 0.4) is 0 Å². The summed E-state index contributed by atoms with van der Waals surface area (Å²) in [5, 5.41) is 0. The topological polar surface area (TPSA) is 52.6 Å². The van der Waals surface area contributed by atoms with E-state index in [0.29, 0.717) is 12.4 Å². The Labute approximate surface area is 164 Å². The van der Waals surface area contributed by atoms with Crippen molar-refractivity contribution < 1.29 is 19.1 Å². The first kappa shape index (κ1) is 23.2. The Morgan fingerprint density at radius 2 is 1.41 bits per heavy atom. The van der Waals surface area contributed by atoms with E-state index in [-0.39, 0.29) is 18.8 Å². The van der Waals surface area contributed by atoms with Gasteiger partial charge in [-0.05, 0) is 37.5 Å². The summed E-state index contributed by atoms with van der Waals surface area (Å²) >= 11 is 0. The summed E-state index contributed by atoms with van der Waals surface area (Å²) in [6.45, 7) is 6.56. The van der Waals surface area contributed by atoms with Crippen molar-refractivity contribution >= 4 is 11.9 Å². The second-order valence-electron chi connectivity index (χ2n) is 7.22. The first-order valence-electron chi connectivity index (χ1n) is 10.5. The van der Waals surface area contributed by atoms with Gasteiger partial charge in [0, 0.05) is 0 Å². The Morgan fingerprint density at radius 3 is 2.07 bits per heavy atom. The number of esters is 2. The molecule has 0 aromatic heterocycles. The molecule has 0 aliphatic rings. The molecular weight excluding hydrogens is 340 g/mol. The SMILES string of the molecule is CCCCCCCCCCCOC(=O)CCC(=O)Oc1cccc(C)c1C. The largest absolute Gasteiger partial charge is 0.466 e. The van der Waals surface area contributed by atoms with E-state index in [1.165, 1.54) is 44.9 Å². The normalized spacial score (nSPS) is 10.6. The number of carbonyl (C=O) groups excluding carboxylic acids is 2. The van der Waals surface area contributed by atoms with E-state index in [9.17, 15) is 9.59 Å². The summed E-state index contributed by atoms with van der Waals surface area (Å²) in [6.07, 6.45) is 11.2. The molecule has 4 heteroatoms. The van der Waals surface area contributed by atoms with E-state index >= 15 is 0 Å². The van der Waals surface area contributed by atoms with Crippen molar-refractivity contribution in [1.29, 1.82) is 0 Å². The molecule has 1 aromatic rings. The minimum atomic E-state index is -0.399. The van der Waals surface area contributed by atoms with E-state index in [1.807, 2.05) is 26.0 Å². The zero-order chi connectivity index (χ0) is 19.9. The third-order valence-electron chi connectivity index (χ3n) is 4.82. The van der Waals surface area contributed by atoms with Gasteiger partial charge in [-0.3, -0.25) is 9.59 Å². The fourth-order valence-corrected chi connectivity index (χ4v) is 2.88. The average molecular weight is 377 g/mol.